The van der Waals surface area contributed by atoms with Crippen molar-refractivity contribution in [1.82, 2.24) is 10.2 Å². The molecule has 1 heterocycles. The second-order valence-electron chi connectivity index (χ2n) is 4.17. The van der Waals surface area contributed by atoms with Crippen LogP contribution in [-0.4, -0.2) is 10.2 Å². The Bertz CT molecular complexity index is 533. The minimum atomic E-state index is -0.755. The van der Waals surface area contributed by atoms with Gasteiger partial charge in [-0.3, -0.25) is 0 Å². The third-order valence-corrected chi connectivity index (χ3v) is 2.77. The van der Waals surface area contributed by atoms with Crippen LogP contribution < -0.4 is 5.73 Å². The Balaban J connectivity index is 2.50. The van der Waals surface area contributed by atoms with E-state index in [9.17, 15) is 8.78 Å². The van der Waals surface area contributed by atoms with E-state index in [0.717, 1.165) is 18.2 Å². The maximum atomic E-state index is 13.7. The zero-order chi connectivity index (χ0) is 13.3. The van der Waals surface area contributed by atoms with E-state index < -0.39 is 17.7 Å². The number of aryl methyl sites for hydroxylation is 2. The molecule has 2 rings (SSSR count). The van der Waals surface area contributed by atoms with E-state index in [1.54, 1.807) is 19.9 Å². The van der Waals surface area contributed by atoms with Gasteiger partial charge in [-0.15, -0.1) is 0 Å². The van der Waals surface area contributed by atoms with E-state index in [-0.39, 0.29) is 5.56 Å². The lowest BCUT2D eigenvalue weighted by molar-refractivity contribution is 0.575. The van der Waals surface area contributed by atoms with E-state index in [0.29, 0.717) is 17.0 Å². The molecule has 1 atom stereocenters. The van der Waals surface area contributed by atoms with Gasteiger partial charge in [0.25, 0.3) is 0 Å². The number of benzene rings is 1. The zero-order valence-corrected chi connectivity index (χ0v) is 10.1. The number of aromatic nitrogens is 2. The Morgan fingerprint density at radius 2 is 1.78 bits per heavy atom. The minimum absolute atomic E-state index is 0.116. The van der Waals surface area contributed by atoms with Gasteiger partial charge >= 0.3 is 0 Å². The fourth-order valence-corrected chi connectivity index (χ4v) is 1.81. The predicted molar refractivity (Wildman–Crippen MR) is 63.9 cm³/mol. The molecule has 0 bridgehead atoms. The highest BCUT2D eigenvalue weighted by Gasteiger charge is 2.17. The predicted octanol–water partition coefficient (Wildman–Crippen LogP) is 2.42. The molecule has 0 aliphatic carbocycles. The van der Waals surface area contributed by atoms with Gasteiger partial charge in [0, 0.05) is 5.56 Å². The Morgan fingerprint density at radius 1 is 1.06 bits per heavy atom. The van der Waals surface area contributed by atoms with Crippen LogP contribution in [0.15, 0.2) is 24.3 Å². The molecular formula is C13H13F2N3. The number of rotatable bonds is 2. The fourth-order valence-electron chi connectivity index (χ4n) is 1.81. The lowest BCUT2D eigenvalue weighted by Gasteiger charge is -2.15. The molecule has 5 heteroatoms. The first-order valence-electron chi connectivity index (χ1n) is 5.50. The Morgan fingerprint density at radius 3 is 2.50 bits per heavy atom. The molecule has 18 heavy (non-hydrogen) atoms. The monoisotopic (exact) mass is 249 g/mol. The fraction of sp³-hybridized carbons (Fsp3) is 0.231. The van der Waals surface area contributed by atoms with E-state index >= 15 is 0 Å². The minimum Gasteiger partial charge on any atom is -0.320 e. The van der Waals surface area contributed by atoms with Crippen molar-refractivity contribution in [3.05, 3.63) is 58.4 Å². The van der Waals surface area contributed by atoms with Crippen LogP contribution in [0.1, 0.15) is 28.6 Å². The first kappa shape index (κ1) is 12.6. The lowest BCUT2D eigenvalue weighted by Crippen LogP contribution is -2.16. The number of halogens is 2. The average Bonchev–Trinajstić information content (AvgIpc) is 2.34. The molecule has 0 radical (unpaired) electrons. The molecule has 2 N–H and O–H groups in total. The van der Waals surface area contributed by atoms with Crippen LogP contribution >= 0.6 is 0 Å². The van der Waals surface area contributed by atoms with Gasteiger partial charge in [-0.05, 0) is 43.7 Å². The second kappa shape index (κ2) is 4.78. The van der Waals surface area contributed by atoms with Crippen LogP contribution in [0.3, 0.4) is 0 Å². The van der Waals surface area contributed by atoms with Crippen LogP contribution in [0.25, 0.3) is 0 Å². The van der Waals surface area contributed by atoms with E-state index in [1.165, 1.54) is 0 Å². The molecule has 0 spiro atoms. The topological polar surface area (TPSA) is 51.8 Å². The second-order valence-corrected chi connectivity index (χ2v) is 4.17. The van der Waals surface area contributed by atoms with Crippen LogP contribution in [0, 0.1) is 25.5 Å². The zero-order valence-electron chi connectivity index (χ0n) is 10.1. The summed E-state index contributed by atoms with van der Waals surface area (Å²) >= 11 is 0. The number of nitrogens with zero attached hydrogens (tertiary/aromatic N) is 2. The van der Waals surface area contributed by atoms with Gasteiger partial charge < -0.3 is 5.73 Å². The van der Waals surface area contributed by atoms with Crippen LogP contribution in [0.4, 0.5) is 8.78 Å². The van der Waals surface area contributed by atoms with Crippen molar-refractivity contribution in [2.24, 2.45) is 5.73 Å². The average molecular weight is 249 g/mol. The summed E-state index contributed by atoms with van der Waals surface area (Å²) in [5.74, 6) is -1.05. The van der Waals surface area contributed by atoms with Gasteiger partial charge in [0.1, 0.15) is 11.6 Å². The number of hydrogen-bond acceptors (Lipinski definition) is 3. The van der Waals surface area contributed by atoms with Gasteiger partial charge in [0.15, 0.2) is 0 Å². The van der Waals surface area contributed by atoms with E-state index in [4.69, 9.17) is 5.73 Å². The van der Waals surface area contributed by atoms with Gasteiger partial charge in [-0.25, -0.2) is 8.78 Å². The molecule has 0 saturated carbocycles. The third kappa shape index (κ3) is 2.36. The quantitative estimate of drug-likeness (QED) is 0.889. The van der Waals surface area contributed by atoms with Crippen LogP contribution in [0.5, 0.6) is 0 Å². The largest absolute Gasteiger partial charge is 0.320 e. The van der Waals surface area contributed by atoms with Crippen molar-refractivity contribution in [2.45, 2.75) is 19.9 Å². The maximum absolute atomic E-state index is 13.7. The van der Waals surface area contributed by atoms with Gasteiger partial charge in [-0.1, -0.05) is 0 Å². The number of hydrogen-bond donors (Lipinski definition) is 1. The molecule has 2 aromatic rings. The Labute approximate surface area is 104 Å². The van der Waals surface area contributed by atoms with Crippen LogP contribution in [-0.2, 0) is 0 Å². The maximum Gasteiger partial charge on any atom is 0.128 e. The van der Waals surface area contributed by atoms with Crippen LogP contribution in [0.2, 0.25) is 0 Å². The van der Waals surface area contributed by atoms with E-state index in [2.05, 4.69) is 10.2 Å². The molecule has 0 fully saturated rings. The smallest absolute Gasteiger partial charge is 0.128 e. The molecule has 0 amide bonds. The van der Waals surface area contributed by atoms with Crippen molar-refractivity contribution in [2.75, 3.05) is 0 Å². The highest BCUT2D eigenvalue weighted by Crippen LogP contribution is 2.24. The molecule has 0 aliphatic heterocycles. The molecule has 1 aromatic carbocycles. The Kier molecular flexibility index (Phi) is 3.34. The summed E-state index contributed by atoms with van der Waals surface area (Å²) in [6.07, 6.45) is 0. The first-order chi connectivity index (χ1) is 8.49. The van der Waals surface area contributed by atoms with Gasteiger partial charge in [0.05, 0.1) is 17.4 Å². The molecule has 3 nitrogen and oxygen atoms in total. The normalized spacial score (nSPS) is 12.5. The summed E-state index contributed by atoms with van der Waals surface area (Å²) in [6, 6.07) is 4.22. The lowest BCUT2D eigenvalue weighted by atomic mass is 9.98. The molecule has 1 unspecified atom stereocenters. The molecule has 94 valence electrons. The van der Waals surface area contributed by atoms with Crippen molar-refractivity contribution in [3.63, 3.8) is 0 Å². The highest BCUT2D eigenvalue weighted by molar-refractivity contribution is 5.34. The summed E-state index contributed by atoms with van der Waals surface area (Å²) in [5, 5.41) is 7.81. The van der Waals surface area contributed by atoms with Crippen molar-refractivity contribution >= 4 is 0 Å². The molecule has 0 aliphatic rings. The summed E-state index contributed by atoms with van der Waals surface area (Å²) in [4.78, 5) is 0. The molecular weight excluding hydrogens is 236 g/mol. The van der Waals surface area contributed by atoms with E-state index in [1.807, 2.05) is 0 Å². The third-order valence-electron chi connectivity index (χ3n) is 2.77. The summed E-state index contributed by atoms with van der Waals surface area (Å²) < 4.78 is 26.8. The Hall–Kier alpha value is -1.88. The van der Waals surface area contributed by atoms with Crippen molar-refractivity contribution < 1.29 is 8.78 Å². The summed E-state index contributed by atoms with van der Waals surface area (Å²) in [5.41, 5.74) is 8.03. The standard InChI is InChI=1S/C13H13F2N3/c1-7-5-10(8(2)18-17-7)13(16)11-6-9(14)3-4-12(11)15/h3-6,13H,16H2,1-2H3. The summed E-state index contributed by atoms with van der Waals surface area (Å²) in [7, 11) is 0. The molecule has 0 saturated heterocycles. The van der Waals surface area contributed by atoms with Gasteiger partial charge in [-0.2, -0.15) is 10.2 Å². The highest BCUT2D eigenvalue weighted by atomic mass is 19.1. The molecule has 1 aromatic heterocycles. The number of nitrogens with two attached hydrogens (primary N) is 1. The first-order valence-corrected chi connectivity index (χ1v) is 5.50. The van der Waals surface area contributed by atoms with Crippen molar-refractivity contribution in [3.8, 4) is 0 Å². The SMILES string of the molecule is Cc1cc(C(N)c2cc(F)ccc2F)c(C)nn1. The van der Waals surface area contributed by atoms with Crippen molar-refractivity contribution in [1.29, 1.82) is 0 Å². The van der Waals surface area contributed by atoms with Gasteiger partial charge in [0.2, 0.25) is 0 Å². The summed E-state index contributed by atoms with van der Waals surface area (Å²) in [6.45, 7) is 3.50.